The van der Waals surface area contributed by atoms with Gasteiger partial charge in [-0.25, -0.2) is 21.9 Å². The molecule has 7 nitrogen and oxygen atoms in total. The van der Waals surface area contributed by atoms with E-state index < -0.39 is 27.6 Å². The van der Waals surface area contributed by atoms with Crippen molar-refractivity contribution in [3.63, 3.8) is 0 Å². The first-order valence-corrected chi connectivity index (χ1v) is 11.2. The van der Waals surface area contributed by atoms with Gasteiger partial charge in [-0.3, -0.25) is 9.59 Å². The van der Waals surface area contributed by atoms with E-state index in [9.17, 15) is 26.8 Å². The Morgan fingerprint density at radius 1 is 1.06 bits per heavy atom. The topological polar surface area (TPSA) is 95.6 Å². The number of amides is 2. The van der Waals surface area contributed by atoms with Gasteiger partial charge < -0.3 is 10.2 Å². The van der Waals surface area contributed by atoms with Crippen LogP contribution in [0.2, 0.25) is 0 Å². The molecular formula is C21H23F2N3O4S. The lowest BCUT2D eigenvalue weighted by atomic mass is 9.95. The molecule has 2 amide bonds. The summed E-state index contributed by atoms with van der Waals surface area (Å²) >= 11 is 0. The third-order valence-electron chi connectivity index (χ3n) is 5.28. The molecule has 0 aromatic heterocycles. The molecule has 1 aliphatic heterocycles. The molecule has 0 radical (unpaired) electrons. The molecule has 0 aliphatic carbocycles. The summed E-state index contributed by atoms with van der Waals surface area (Å²) in [6, 6.07) is 9.02. The van der Waals surface area contributed by atoms with Crippen LogP contribution in [0.15, 0.2) is 47.4 Å². The van der Waals surface area contributed by atoms with Crippen LogP contribution in [0, 0.1) is 17.6 Å². The van der Waals surface area contributed by atoms with E-state index in [1.165, 1.54) is 24.1 Å². The lowest BCUT2D eigenvalue weighted by Crippen LogP contribution is -2.43. The van der Waals surface area contributed by atoms with Crippen LogP contribution in [0.25, 0.3) is 0 Å². The summed E-state index contributed by atoms with van der Waals surface area (Å²) in [5.41, 5.74) is 0.566. The molecule has 31 heavy (non-hydrogen) atoms. The summed E-state index contributed by atoms with van der Waals surface area (Å²) in [4.78, 5) is 26.5. The molecule has 0 atom stereocenters. The molecule has 1 fully saturated rings. The van der Waals surface area contributed by atoms with E-state index in [1.54, 1.807) is 12.1 Å². The van der Waals surface area contributed by atoms with E-state index in [2.05, 4.69) is 10.0 Å². The van der Waals surface area contributed by atoms with Crippen molar-refractivity contribution >= 4 is 21.8 Å². The van der Waals surface area contributed by atoms with Gasteiger partial charge in [0, 0.05) is 31.6 Å². The molecule has 2 aromatic rings. The fourth-order valence-electron chi connectivity index (χ4n) is 3.42. The molecule has 0 unspecified atom stereocenters. The SMILES string of the molecule is CNS(=O)(=O)c1ccc(CNC(=O)C2CCN(C(=O)c3ccc(F)cc3F)CC2)cc1. The zero-order valence-electron chi connectivity index (χ0n) is 16.9. The summed E-state index contributed by atoms with van der Waals surface area (Å²) in [6.45, 7) is 0.841. The van der Waals surface area contributed by atoms with Gasteiger partial charge in [0.1, 0.15) is 11.6 Å². The van der Waals surface area contributed by atoms with Crippen molar-refractivity contribution in [1.29, 1.82) is 0 Å². The fourth-order valence-corrected chi connectivity index (χ4v) is 4.15. The third-order valence-corrected chi connectivity index (χ3v) is 6.71. The lowest BCUT2D eigenvalue weighted by Gasteiger charge is -2.31. The molecule has 1 saturated heterocycles. The number of carbonyl (C=O) groups excluding carboxylic acids is 2. The van der Waals surface area contributed by atoms with Gasteiger partial charge in [0.2, 0.25) is 15.9 Å². The fraction of sp³-hybridized carbons (Fsp3) is 0.333. The van der Waals surface area contributed by atoms with Crippen LogP contribution < -0.4 is 10.0 Å². The second kappa shape index (κ2) is 9.52. The summed E-state index contributed by atoms with van der Waals surface area (Å²) in [6.07, 6.45) is 0.861. The highest BCUT2D eigenvalue weighted by atomic mass is 32.2. The van der Waals surface area contributed by atoms with Gasteiger partial charge in [-0.15, -0.1) is 0 Å². The van der Waals surface area contributed by atoms with Crippen LogP contribution in [0.4, 0.5) is 8.78 Å². The number of hydrogen-bond donors (Lipinski definition) is 2. The van der Waals surface area contributed by atoms with Crippen molar-refractivity contribution in [2.75, 3.05) is 20.1 Å². The second-order valence-electron chi connectivity index (χ2n) is 7.26. The summed E-state index contributed by atoms with van der Waals surface area (Å²) in [5.74, 6) is -2.62. The number of hydrogen-bond acceptors (Lipinski definition) is 4. The maximum absolute atomic E-state index is 13.8. The van der Waals surface area contributed by atoms with Crippen LogP contribution in [-0.4, -0.2) is 45.3 Å². The number of benzene rings is 2. The molecule has 1 heterocycles. The Balaban J connectivity index is 1.50. The average molecular weight is 451 g/mol. The number of rotatable bonds is 6. The van der Waals surface area contributed by atoms with Crippen LogP contribution in [0.5, 0.6) is 0 Å². The molecule has 0 spiro atoms. The van der Waals surface area contributed by atoms with Gasteiger partial charge in [0.25, 0.3) is 5.91 Å². The van der Waals surface area contributed by atoms with Gasteiger partial charge in [0.05, 0.1) is 10.5 Å². The van der Waals surface area contributed by atoms with Crippen LogP contribution >= 0.6 is 0 Å². The monoisotopic (exact) mass is 451 g/mol. The van der Waals surface area contributed by atoms with E-state index >= 15 is 0 Å². The minimum absolute atomic E-state index is 0.139. The van der Waals surface area contributed by atoms with Crippen molar-refractivity contribution in [2.24, 2.45) is 5.92 Å². The predicted octanol–water partition coefficient (Wildman–Crippen LogP) is 2.04. The predicted molar refractivity (Wildman–Crippen MR) is 110 cm³/mol. The van der Waals surface area contributed by atoms with Crippen molar-refractivity contribution in [3.05, 3.63) is 65.2 Å². The highest BCUT2D eigenvalue weighted by Gasteiger charge is 2.28. The maximum Gasteiger partial charge on any atom is 0.256 e. The Morgan fingerprint density at radius 3 is 2.29 bits per heavy atom. The van der Waals surface area contributed by atoms with Crippen molar-refractivity contribution in [3.8, 4) is 0 Å². The molecule has 10 heteroatoms. The van der Waals surface area contributed by atoms with Crippen molar-refractivity contribution in [1.82, 2.24) is 14.9 Å². The van der Waals surface area contributed by atoms with Crippen LogP contribution in [0.3, 0.4) is 0 Å². The summed E-state index contributed by atoms with van der Waals surface area (Å²) < 4.78 is 52.6. The number of nitrogens with one attached hydrogen (secondary N) is 2. The third kappa shape index (κ3) is 5.45. The Labute approximate surface area is 179 Å². The minimum atomic E-state index is -3.51. The lowest BCUT2D eigenvalue weighted by molar-refractivity contribution is -0.126. The van der Waals surface area contributed by atoms with Crippen molar-refractivity contribution < 1.29 is 26.8 Å². The van der Waals surface area contributed by atoms with E-state index in [4.69, 9.17) is 0 Å². The molecular weight excluding hydrogens is 428 g/mol. The highest BCUT2D eigenvalue weighted by molar-refractivity contribution is 7.89. The zero-order valence-corrected chi connectivity index (χ0v) is 17.7. The number of likely N-dealkylation sites (tertiary alicyclic amines) is 1. The quantitative estimate of drug-likeness (QED) is 0.703. The number of sulfonamides is 1. The van der Waals surface area contributed by atoms with Gasteiger partial charge >= 0.3 is 0 Å². The first kappa shape index (κ1) is 22.8. The van der Waals surface area contributed by atoms with Gasteiger partial charge in [-0.2, -0.15) is 0 Å². The van der Waals surface area contributed by atoms with E-state index in [0.717, 1.165) is 17.7 Å². The summed E-state index contributed by atoms with van der Waals surface area (Å²) in [5, 5.41) is 2.82. The van der Waals surface area contributed by atoms with Crippen LogP contribution in [-0.2, 0) is 21.4 Å². The minimum Gasteiger partial charge on any atom is -0.352 e. The molecule has 0 bridgehead atoms. The maximum atomic E-state index is 13.8. The standard InChI is InChI=1S/C21H23F2N3O4S/c1-24-31(29,30)17-5-2-14(3-6-17)13-25-20(27)15-8-10-26(11-9-15)21(28)18-7-4-16(22)12-19(18)23/h2-7,12,15,24H,8-11,13H2,1H3,(H,25,27). The largest absolute Gasteiger partial charge is 0.352 e. The molecule has 2 aromatic carbocycles. The van der Waals surface area contributed by atoms with Gasteiger partial charge in [-0.1, -0.05) is 12.1 Å². The molecule has 2 N–H and O–H groups in total. The van der Waals surface area contributed by atoms with Gasteiger partial charge in [-0.05, 0) is 49.7 Å². The number of carbonyl (C=O) groups is 2. The Morgan fingerprint density at radius 2 is 1.71 bits per heavy atom. The van der Waals surface area contributed by atoms with Crippen LogP contribution in [0.1, 0.15) is 28.8 Å². The van der Waals surface area contributed by atoms with E-state index in [0.29, 0.717) is 32.0 Å². The van der Waals surface area contributed by atoms with E-state index in [-0.39, 0.29) is 28.8 Å². The smallest absolute Gasteiger partial charge is 0.256 e. The Hall–Kier alpha value is -2.85. The highest BCUT2D eigenvalue weighted by Crippen LogP contribution is 2.21. The number of piperidine rings is 1. The molecule has 3 rings (SSSR count). The number of halogens is 2. The molecule has 0 saturated carbocycles. The van der Waals surface area contributed by atoms with Gasteiger partial charge in [0.15, 0.2) is 0 Å². The van der Waals surface area contributed by atoms with E-state index in [1.807, 2.05) is 0 Å². The first-order chi connectivity index (χ1) is 14.7. The normalized spacial score (nSPS) is 15.0. The Kier molecular flexibility index (Phi) is 7.01. The van der Waals surface area contributed by atoms with Crippen molar-refractivity contribution in [2.45, 2.75) is 24.3 Å². The zero-order chi connectivity index (χ0) is 22.6. The molecule has 166 valence electrons. The second-order valence-corrected chi connectivity index (χ2v) is 9.15. The number of nitrogens with zero attached hydrogens (tertiary/aromatic N) is 1. The Bertz CT molecular complexity index is 1070. The molecule has 1 aliphatic rings. The summed E-state index contributed by atoms with van der Waals surface area (Å²) in [7, 11) is -2.18. The average Bonchev–Trinajstić information content (AvgIpc) is 2.77. The first-order valence-electron chi connectivity index (χ1n) is 9.76.